The quantitative estimate of drug-likeness (QED) is 0.562. The number of epoxide rings is 1. The second-order valence-corrected chi connectivity index (χ2v) is 2.82. The second-order valence-electron chi connectivity index (χ2n) is 2.82. The van der Waals surface area contributed by atoms with Gasteiger partial charge in [-0.05, 0) is 24.6 Å². The van der Waals surface area contributed by atoms with Gasteiger partial charge in [-0.15, -0.1) is 0 Å². The molecule has 2 rings (SSSR count). The molecule has 0 N–H and O–H groups in total. The molecule has 0 saturated carbocycles. The highest BCUT2D eigenvalue weighted by atomic mass is 19.1. The van der Waals surface area contributed by atoms with Crippen molar-refractivity contribution in [2.24, 2.45) is 0 Å². The van der Waals surface area contributed by atoms with Crippen LogP contribution in [-0.2, 0) is 4.74 Å². The smallest absolute Gasteiger partial charge is 0.123 e. The molecule has 0 radical (unpaired) electrons. The van der Waals surface area contributed by atoms with Crippen molar-refractivity contribution in [2.75, 3.05) is 0 Å². The second kappa shape index (κ2) is 2.31. The molecule has 0 spiro atoms. The van der Waals surface area contributed by atoms with Crippen LogP contribution >= 0.6 is 0 Å². The maximum atomic E-state index is 12.6. The Kier molecular flexibility index (Phi) is 1.43. The fraction of sp³-hybridized carbons (Fsp3) is 0.333. The molecule has 11 heavy (non-hydrogen) atoms. The summed E-state index contributed by atoms with van der Waals surface area (Å²) >= 11 is 0. The number of ether oxygens (including phenoxy) is 1. The van der Waals surface area contributed by atoms with Crippen molar-refractivity contribution in [3.63, 3.8) is 0 Å². The predicted molar refractivity (Wildman–Crippen MR) is 39.7 cm³/mol. The van der Waals surface area contributed by atoms with Crippen molar-refractivity contribution in [2.45, 2.75) is 19.1 Å². The van der Waals surface area contributed by atoms with Crippen molar-refractivity contribution < 1.29 is 9.13 Å². The van der Waals surface area contributed by atoms with Crippen LogP contribution in [0, 0.1) is 5.82 Å². The number of halogens is 1. The number of hydrogen-bond acceptors (Lipinski definition) is 1. The highest BCUT2D eigenvalue weighted by Gasteiger charge is 2.35. The van der Waals surface area contributed by atoms with E-state index in [2.05, 4.69) is 0 Å². The van der Waals surface area contributed by atoms with Gasteiger partial charge in [-0.3, -0.25) is 0 Å². The summed E-state index contributed by atoms with van der Waals surface area (Å²) in [4.78, 5) is 0. The largest absolute Gasteiger partial charge is 0.365 e. The Morgan fingerprint density at radius 1 is 1.45 bits per heavy atom. The summed E-state index contributed by atoms with van der Waals surface area (Å²) in [7, 11) is 0. The molecule has 1 nitrogen and oxygen atoms in total. The Hall–Kier alpha value is -0.890. The molecule has 1 saturated heterocycles. The van der Waals surface area contributed by atoms with Gasteiger partial charge >= 0.3 is 0 Å². The Balaban J connectivity index is 2.25. The molecule has 1 aromatic carbocycles. The topological polar surface area (TPSA) is 12.5 Å². The first-order chi connectivity index (χ1) is 5.27. The zero-order valence-electron chi connectivity index (χ0n) is 6.25. The Morgan fingerprint density at radius 3 is 2.73 bits per heavy atom. The maximum Gasteiger partial charge on any atom is 0.123 e. The molecule has 1 aromatic rings. The lowest BCUT2D eigenvalue weighted by Crippen LogP contribution is -1.84. The molecule has 1 aliphatic rings. The van der Waals surface area contributed by atoms with Crippen molar-refractivity contribution >= 4 is 0 Å². The fourth-order valence-corrected chi connectivity index (χ4v) is 1.22. The van der Waals surface area contributed by atoms with Gasteiger partial charge in [0.2, 0.25) is 0 Å². The summed E-state index contributed by atoms with van der Waals surface area (Å²) in [6.07, 6.45) is 0.391. The van der Waals surface area contributed by atoms with Crippen LogP contribution in [0.25, 0.3) is 0 Å². The summed E-state index contributed by atoms with van der Waals surface area (Å²) < 4.78 is 17.8. The minimum absolute atomic E-state index is 0.130. The van der Waals surface area contributed by atoms with Gasteiger partial charge in [-0.1, -0.05) is 12.1 Å². The van der Waals surface area contributed by atoms with Crippen molar-refractivity contribution in [1.82, 2.24) is 0 Å². The first-order valence-electron chi connectivity index (χ1n) is 3.68. The van der Waals surface area contributed by atoms with Crippen molar-refractivity contribution in [3.05, 3.63) is 35.6 Å². The van der Waals surface area contributed by atoms with Crippen LogP contribution in [-0.4, -0.2) is 6.10 Å². The highest BCUT2D eigenvalue weighted by molar-refractivity contribution is 5.22. The van der Waals surface area contributed by atoms with Crippen LogP contribution in [0.2, 0.25) is 0 Å². The normalized spacial score (nSPS) is 28.5. The Labute approximate surface area is 64.8 Å². The molecule has 58 valence electrons. The summed E-state index contributed by atoms with van der Waals surface area (Å²) in [5.74, 6) is -0.190. The van der Waals surface area contributed by atoms with E-state index in [1.54, 1.807) is 6.07 Å². The molecular formula is C9H9FO. The first kappa shape index (κ1) is 6.80. The van der Waals surface area contributed by atoms with E-state index in [0.29, 0.717) is 0 Å². The monoisotopic (exact) mass is 152 g/mol. The van der Waals surface area contributed by atoms with Crippen LogP contribution in [0.5, 0.6) is 0 Å². The number of hydrogen-bond donors (Lipinski definition) is 0. The average Bonchev–Trinajstić information content (AvgIpc) is 2.67. The summed E-state index contributed by atoms with van der Waals surface area (Å²) in [5, 5.41) is 0. The van der Waals surface area contributed by atoms with Gasteiger partial charge in [0.1, 0.15) is 11.9 Å². The van der Waals surface area contributed by atoms with Crippen LogP contribution in [0.4, 0.5) is 4.39 Å². The minimum atomic E-state index is -0.190. The van der Waals surface area contributed by atoms with Gasteiger partial charge in [0, 0.05) is 0 Å². The van der Waals surface area contributed by atoms with E-state index < -0.39 is 0 Å². The van der Waals surface area contributed by atoms with E-state index >= 15 is 0 Å². The highest BCUT2D eigenvalue weighted by Crippen LogP contribution is 2.37. The fourth-order valence-electron chi connectivity index (χ4n) is 1.22. The van der Waals surface area contributed by atoms with E-state index in [1.807, 2.05) is 13.0 Å². The minimum Gasteiger partial charge on any atom is -0.365 e. The van der Waals surface area contributed by atoms with Crippen LogP contribution in [0.1, 0.15) is 18.6 Å². The van der Waals surface area contributed by atoms with Gasteiger partial charge in [-0.25, -0.2) is 4.39 Å². The zero-order valence-corrected chi connectivity index (χ0v) is 6.25. The van der Waals surface area contributed by atoms with E-state index in [4.69, 9.17) is 4.74 Å². The zero-order chi connectivity index (χ0) is 7.84. The van der Waals surface area contributed by atoms with Crippen molar-refractivity contribution in [3.8, 4) is 0 Å². The Bertz CT molecular complexity index is 272. The molecular weight excluding hydrogens is 143 g/mol. The van der Waals surface area contributed by atoms with Gasteiger partial charge in [0.15, 0.2) is 0 Å². The lowest BCUT2D eigenvalue weighted by Gasteiger charge is -1.93. The molecule has 0 amide bonds. The molecule has 1 heterocycles. The summed E-state index contributed by atoms with van der Waals surface area (Å²) in [5.41, 5.74) is 0.942. The van der Waals surface area contributed by atoms with Crippen molar-refractivity contribution in [1.29, 1.82) is 0 Å². The lowest BCUT2D eigenvalue weighted by molar-refractivity contribution is 0.382. The average molecular weight is 152 g/mol. The molecule has 1 fully saturated rings. The number of benzene rings is 1. The van der Waals surface area contributed by atoms with Crippen LogP contribution < -0.4 is 0 Å². The van der Waals surface area contributed by atoms with E-state index in [9.17, 15) is 4.39 Å². The van der Waals surface area contributed by atoms with E-state index in [1.165, 1.54) is 12.1 Å². The van der Waals surface area contributed by atoms with Crippen LogP contribution in [0.15, 0.2) is 24.3 Å². The van der Waals surface area contributed by atoms with Gasteiger partial charge in [0.25, 0.3) is 0 Å². The molecule has 1 aliphatic heterocycles. The maximum absolute atomic E-state index is 12.6. The van der Waals surface area contributed by atoms with E-state index in [0.717, 1.165) is 5.56 Å². The Morgan fingerprint density at radius 2 is 2.18 bits per heavy atom. The predicted octanol–water partition coefficient (Wildman–Crippen LogP) is 2.29. The lowest BCUT2D eigenvalue weighted by atomic mass is 10.1. The van der Waals surface area contributed by atoms with Gasteiger partial charge < -0.3 is 4.74 Å². The van der Waals surface area contributed by atoms with Gasteiger partial charge in [0.05, 0.1) is 6.10 Å². The van der Waals surface area contributed by atoms with Crippen LogP contribution in [0.3, 0.4) is 0 Å². The molecule has 0 aliphatic carbocycles. The molecule has 0 bridgehead atoms. The standard InChI is InChI=1S/C9H9FO/c1-6-9(11-6)7-3-2-4-8(10)5-7/h2-6,9H,1H3. The molecule has 0 aromatic heterocycles. The van der Waals surface area contributed by atoms with E-state index in [-0.39, 0.29) is 18.0 Å². The third kappa shape index (κ3) is 1.26. The van der Waals surface area contributed by atoms with Gasteiger partial charge in [-0.2, -0.15) is 0 Å². The third-order valence-electron chi connectivity index (χ3n) is 1.89. The molecule has 2 heteroatoms. The summed E-state index contributed by atoms with van der Waals surface area (Å²) in [6, 6.07) is 6.56. The third-order valence-corrected chi connectivity index (χ3v) is 1.89. The number of rotatable bonds is 1. The SMILES string of the molecule is CC1OC1c1cccc(F)c1. The molecule has 2 atom stereocenters. The summed E-state index contributed by atoms with van der Waals surface area (Å²) in [6.45, 7) is 1.98. The first-order valence-corrected chi connectivity index (χ1v) is 3.68. The molecule has 2 unspecified atom stereocenters.